The minimum atomic E-state index is -1.17. The maximum atomic E-state index is 13.6. The Kier molecular flexibility index (Phi) is 14.9. The molecule has 17 nitrogen and oxygen atoms in total. The minimum absolute atomic E-state index is 0.0255. The van der Waals surface area contributed by atoms with E-state index in [1.807, 2.05) is 0 Å². The first-order valence-electron chi connectivity index (χ1n) is 13.5. The van der Waals surface area contributed by atoms with Crippen molar-refractivity contribution >= 4 is 47.9 Å². The van der Waals surface area contributed by atoms with Gasteiger partial charge in [0.05, 0.1) is 67.1 Å². The molecule has 0 aliphatic heterocycles. The van der Waals surface area contributed by atoms with Crippen LogP contribution in [0, 0.1) is 0 Å². The Morgan fingerprint density at radius 1 is 0.571 bits per heavy atom. The van der Waals surface area contributed by atoms with Gasteiger partial charge in [0.25, 0.3) is 5.91 Å². The number of amides is 1. The second-order valence-corrected chi connectivity index (χ2v) is 8.70. The summed E-state index contributed by atoms with van der Waals surface area (Å²) < 4.78 is 39.2. The number of para-hydroxylation sites is 1. The number of carbonyl (C=O) groups is 7. The number of nitrogens with zero attached hydrogens (tertiary/aromatic N) is 2. The van der Waals surface area contributed by atoms with E-state index in [1.165, 1.54) is 42.5 Å². The van der Waals surface area contributed by atoms with Crippen molar-refractivity contribution in [1.29, 1.82) is 0 Å². The zero-order valence-electron chi connectivity index (χ0n) is 26.9. The third-order valence-corrected chi connectivity index (χ3v) is 5.72. The summed E-state index contributed by atoms with van der Waals surface area (Å²) in [7, 11) is 6.10. The molecule has 49 heavy (non-hydrogen) atoms. The van der Waals surface area contributed by atoms with Crippen LogP contribution in [0.5, 0.6) is 11.5 Å². The largest absolute Gasteiger partial charge is 0.466 e. The van der Waals surface area contributed by atoms with Crippen LogP contribution in [-0.4, -0.2) is 95.6 Å². The fourth-order valence-electron chi connectivity index (χ4n) is 3.37. The lowest BCUT2D eigenvalue weighted by molar-refractivity contribution is -0.141. The first-order valence-corrected chi connectivity index (χ1v) is 13.5. The van der Waals surface area contributed by atoms with Gasteiger partial charge in [0.15, 0.2) is 17.2 Å². The number of benzene rings is 2. The maximum Gasteiger partial charge on any atom is 0.374 e. The first-order chi connectivity index (χ1) is 23.4. The van der Waals surface area contributed by atoms with Gasteiger partial charge >= 0.3 is 35.8 Å². The van der Waals surface area contributed by atoms with Gasteiger partial charge in [-0.2, -0.15) is 10.1 Å². The van der Waals surface area contributed by atoms with E-state index in [2.05, 4.69) is 24.0 Å². The number of rotatable bonds is 14. The van der Waals surface area contributed by atoms with Gasteiger partial charge in [-0.3, -0.25) is 4.79 Å². The highest BCUT2D eigenvalue weighted by Crippen LogP contribution is 2.34. The van der Waals surface area contributed by atoms with Crippen molar-refractivity contribution in [1.82, 2.24) is 5.01 Å². The van der Waals surface area contributed by atoms with Gasteiger partial charge in [0.2, 0.25) is 11.5 Å². The van der Waals surface area contributed by atoms with Crippen molar-refractivity contribution in [3.63, 3.8) is 0 Å². The quantitative estimate of drug-likeness (QED) is 0.0692. The van der Waals surface area contributed by atoms with Crippen molar-refractivity contribution in [2.45, 2.75) is 0 Å². The average molecular weight is 683 g/mol. The van der Waals surface area contributed by atoms with E-state index in [0.717, 1.165) is 48.9 Å². The fourth-order valence-corrected chi connectivity index (χ4v) is 3.37. The second kappa shape index (κ2) is 19.0. The highest BCUT2D eigenvalue weighted by atomic mass is 16.6. The van der Waals surface area contributed by atoms with Gasteiger partial charge in [-0.15, -0.1) is 0 Å². The number of hydrazone groups is 1. The molecule has 1 amide bonds. The third kappa shape index (κ3) is 10.9. The molecule has 0 radical (unpaired) electrons. The maximum absolute atomic E-state index is 13.6. The zero-order chi connectivity index (χ0) is 36.5. The molecular weight excluding hydrogens is 652 g/mol. The fraction of sp³-hybridized carbons (Fsp3) is 0.188. The monoisotopic (exact) mass is 682 g/mol. The van der Waals surface area contributed by atoms with E-state index >= 15 is 0 Å². The average Bonchev–Trinajstić information content (AvgIpc) is 3.13. The van der Waals surface area contributed by atoms with Crippen molar-refractivity contribution in [2.24, 2.45) is 5.10 Å². The molecule has 0 unspecified atom stereocenters. The predicted molar refractivity (Wildman–Crippen MR) is 164 cm³/mol. The topological polar surface area (TPSA) is 209 Å². The number of carbonyl (C=O) groups excluding carboxylic acids is 7. The summed E-state index contributed by atoms with van der Waals surface area (Å²) >= 11 is 0. The molecule has 0 saturated heterocycles. The number of esters is 6. The molecule has 0 saturated carbocycles. The van der Waals surface area contributed by atoms with Crippen LogP contribution in [0.4, 0.5) is 0 Å². The van der Waals surface area contributed by atoms with Gasteiger partial charge in [-0.05, 0) is 24.3 Å². The third-order valence-electron chi connectivity index (χ3n) is 5.72. The summed E-state index contributed by atoms with van der Waals surface area (Å²) in [5.41, 5.74) is -0.797. The molecule has 2 aromatic carbocycles. The molecule has 0 aromatic heterocycles. The van der Waals surface area contributed by atoms with Crippen LogP contribution in [0.1, 0.15) is 15.9 Å². The Hall–Kier alpha value is -6.78. The highest BCUT2D eigenvalue weighted by Gasteiger charge is 2.28. The van der Waals surface area contributed by atoms with Gasteiger partial charge in [0.1, 0.15) is 0 Å². The summed E-state index contributed by atoms with van der Waals surface area (Å²) in [6.07, 6.45) is 2.89. The normalized spacial score (nSPS) is 11.5. The SMILES string of the molecule is COC(=O)/C=C(\Oc1cccc(/C=N/N(C(=O)c2ccccc2)/C(=C\C(=O)OC)C(=O)OC)c1O/C(=C\C(=O)OC)C(=O)OC)C(=O)OC. The molecule has 0 heterocycles. The molecular formula is C32H30N2O15. The molecule has 2 aromatic rings. The summed E-state index contributed by atoms with van der Waals surface area (Å²) in [4.78, 5) is 87.7. The number of ether oxygens (including phenoxy) is 8. The Morgan fingerprint density at radius 2 is 1.08 bits per heavy atom. The van der Waals surface area contributed by atoms with E-state index in [-0.39, 0.29) is 16.9 Å². The van der Waals surface area contributed by atoms with Crippen LogP contribution in [-0.2, 0) is 57.2 Å². The van der Waals surface area contributed by atoms with Crippen LogP contribution in [0.2, 0.25) is 0 Å². The summed E-state index contributed by atoms with van der Waals surface area (Å²) in [6.45, 7) is 0. The molecule has 0 N–H and O–H groups in total. The van der Waals surface area contributed by atoms with E-state index in [1.54, 1.807) is 6.07 Å². The van der Waals surface area contributed by atoms with Crippen molar-refractivity contribution in [3.05, 3.63) is 95.1 Å². The smallest absolute Gasteiger partial charge is 0.374 e. The standard InChI is InChI=1S/C32H30N2O15/c1-42-25(35)15-21(30(39)45-4)34(29(38)19-11-8-7-9-12-19)33-18-20-13-10-14-22(48-23(31(40)46-5)16-26(36)43-2)28(20)49-24(32(41)47-6)17-27(37)44-3/h7-18H,1-6H3/b21-15-,23-16-,24-17-,33-18+. The molecule has 258 valence electrons. The van der Waals surface area contributed by atoms with E-state index < -0.39 is 64.7 Å². The molecule has 0 bridgehead atoms. The molecule has 2 rings (SSSR count). The van der Waals surface area contributed by atoms with Crippen LogP contribution in [0.15, 0.2) is 89.1 Å². The Balaban J connectivity index is 2.93. The lowest BCUT2D eigenvalue weighted by atomic mass is 10.2. The number of hydrogen-bond donors (Lipinski definition) is 0. The van der Waals surface area contributed by atoms with E-state index in [0.29, 0.717) is 23.2 Å². The van der Waals surface area contributed by atoms with E-state index in [9.17, 15) is 33.6 Å². The van der Waals surface area contributed by atoms with Gasteiger partial charge in [-0.25, -0.2) is 28.8 Å². The highest BCUT2D eigenvalue weighted by molar-refractivity contribution is 6.04. The van der Waals surface area contributed by atoms with Crippen molar-refractivity contribution in [3.8, 4) is 11.5 Å². The van der Waals surface area contributed by atoms with Crippen LogP contribution in [0.3, 0.4) is 0 Å². The molecule has 0 aliphatic carbocycles. The van der Waals surface area contributed by atoms with Crippen molar-refractivity contribution in [2.75, 3.05) is 42.7 Å². The summed E-state index contributed by atoms with van der Waals surface area (Å²) in [5, 5.41) is 4.63. The van der Waals surface area contributed by atoms with Gasteiger partial charge < -0.3 is 37.9 Å². The van der Waals surface area contributed by atoms with Crippen molar-refractivity contribution < 1.29 is 71.5 Å². The first kappa shape index (κ1) is 38.4. The lowest BCUT2D eigenvalue weighted by Crippen LogP contribution is -2.31. The van der Waals surface area contributed by atoms with Crippen LogP contribution >= 0.6 is 0 Å². The van der Waals surface area contributed by atoms with Gasteiger partial charge in [-0.1, -0.05) is 24.3 Å². The molecule has 0 aliphatic rings. The lowest BCUT2D eigenvalue weighted by Gasteiger charge is -2.19. The number of hydrogen-bond acceptors (Lipinski definition) is 16. The molecule has 0 spiro atoms. The number of methoxy groups -OCH3 is 6. The zero-order valence-corrected chi connectivity index (χ0v) is 26.9. The Morgan fingerprint density at radius 3 is 1.59 bits per heavy atom. The second-order valence-electron chi connectivity index (χ2n) is 8.70. The summed E-state index contributed by atoms with van der Waals surface area (Å²) in [6, 6.07) is 11.4. The van der Waals surface area contributed by atoms with Crippen LogP contribution < -0.4 is 9.47 Å². The van der Waals surface area contributed by atoms with Gasteiger partial charge in [0, 0.05) is 11.1 Å². The molecule has 0 fully saturated rings. The van der Waals surface area contributed by atoms with Crippen LogP contribution in [0.25, 0.3) is 0 Å². The minimum Gasteiger partial charge on any atom is -0.466 e. The summed E-state index contributed by atoms with van der Waals surface area (Å²) in [5.74, 6) is -9.78. The predicted octanol–water partition coefficient (Wildman–Crippen LogP) is 1.61. The molecule has 17 heteroatoms. The van der Waals surface area contributed by atoms with E-state index in [4.69, 9.17) is 18.9 Å². The molecule has 0 atom stereocenters. The Bertz CT molecular complexity index is 1710. The Labute approximate surface area is 278 Å².